The number of fused-ring (bicyclic) bond motifs is 1. The molecule has 0 spiro atoms. The van der Waals surface area contributed by atoms with Gasteiger partial charge in [-0.3, -0.25) is 4.79 Å². The van der Waals surface area contributed by atoms with Crippen molar-refractivity contribution in [1.82, 2.24) is 5.32 Å². The van der Waals surface area contributed by atoms with Crippen LogP contribution in [0.3, 0.4) is 0 Å². The van der Waals surface area contributed by atoms with Gasteiger partial charge >= 0.3 is 0 Å². The van der Waals surface area contributed by atoms with Gasteiger partial charge in [0.2, 0.25) is 0 Å². The molecule has 4 nitrogen and oxygen atoms in total. The summed E-state index contributed by atoms with van der Waals surface area (Å²) in [6.07, 6.45) is 0.663. The highest BCUT2D eigenvalue weighted by Crippen LogP contribution is 2.30. The number of aryl methyl sites for hydroxylation is 1. The molecule has 0 unspecified atom stereocenters. The van der Waals surface area contributed by atoms with E-state index in [1.807, 2.05) is 18.2 Å². The van der Waals surface area contributed by atoms with Gasteiger partial charge in [0.15, 0.2) is 11.5 Å². The summed E-state index contributed by atoms with van der Waals surface area (Å²) in [7, 11) is 0. The van der Waals surface area contributed by atoms with E-state index in [-0.39, 0.29) is 11.7 Å². The fraction of sp³-hybridized carbons (Fsp3) is 0.278. The predicted molar refractivity (Wildman–Crippen MR) is 84.6 cm³/mol. The summed E-state index contributed by atoms with van der Waals surface area (Å²) in [6, 6.07) is 10.2. The van der Waals surface area contributed by atoms with Crippen molar-refractivity contribution in [2.24, 2.45) is 0 Å². The second kappa shape index (κ2) is 6.69. The normalized spacial score (nSPS) is 12.8. The lowest BCUT2D eigenvalue weighted by Gasteiger charge is -2.18. The molecule has 1 aliphatic rings. The highest BCUT2D eigenvalue weighted by molar-refractivity contribution is 5.94. The predicted octanol–water partition coefficient (Wildman–Crippen LogP) is 2.88. The molecule has 3 rings (SSSR count). The van der Waals surface area contributed by atoms with E-state index in [4.69, 9.17) is 9.47 Å². The fourth-order valence-corrected chi connectivity index (χ4v) is 2.40. The number of carbonyl (C=O) groups excluding carboxylic acids is 1. The maximum absolute atomic E-state index is 13.5. The Kier molecular flexibility index (Phi) is 4.46. The van der Waals surface area contributed by atoms with Gasteiger partial charge in [-0.15, -0.1) is 0 Å². The van der Waals surface area contributed by atoms with Crippen molar-refractivity contribution in [2.75, 3.05) is 19.8 Å². The van der Waals surface area contributed by atoms with Gasteiger partial charge in [-0.25, -0.2) is 4.39 Å². The van der Waals surface area contributed by atoms with Crippen LogP contribution in [0.25, 0.3) is 0 Å². The quantitative estimate of drug-likeness (QED) is 0.944. The first kappa shape index (κ1) is 15.3. The zero-order chi connectivity index (χ0) is 16.2. The third kappa shape index (κ3) is 3.62. The Bertz CT molecular complexity index is 730. The topological polar surface area (TPSA) is 47.6 Å². The molecule has 0 saturated carbocycles. The second-order valence-corrected chi connectivity index (χ2v) is 5.45. The molecule has 0 saturated heterocycles. The third-order valence-corrected chi connectivity index (χ3v) is 3.74. The first-order valence-electron chi connectivity index (χ1n) is 7.56. The number of amides is 1. The molecular formula is C18H18FNO3. The van der Waals surface area contributed by atoms with Gasteiger partial charge in [0.25, 0.3) is 5.91 Å². The number of halogens is 1. The zero-order valence-corrected chi connectivity index (χ0v) is 12.9. The number of nitrogens with one attached hydrogen (secondary N) is 1. The molecule has 0 aromatic heterocycles. The van der Waals surface area contributed by atoms with Gasteiger partial charge in [-0.2, -0.15) is 0 Å². The lowest BCUT2D eigenvalue weighted by atomic mass is 10.1. The van der Waals surface area contributed by atoms with E-state index in [9.17, 15) is 9.18 Å². The summed E-state index contributed by atoms with van der Waals surface area (Å²) in [5, 5.41) is 2.80. The minimum Gasteiger partial charge on any atom is -0.486 e. The van der Waals surface area contributed by atoms with Crippen molar-refractivity contribution in [3.8, 4) is 11.5 Å². The van der Waals surface area contributed by atoms with E-state index in [0.29, 0.717) is 37.3 Å². The molecule has 23 heavy (non-hydrogen) atoms. The van der Waals surface area contributed by atoms with Crippen molar-refractivity contribution in [2.45, 2.75) is 13.3 Å². The number of carbonyl (C=O) groups is 1. The van der Waals surface area contributed by atoms with Crippen LogP contribution in [0, 0.1) is 12.7 Å². The number of benzene rings is 2. The molecule has 1 aliphatic heterocycles. The Hall–Kier alpha value is -2.56. The van der Waals surface area contributed by atoms with Gasteiger partial charge in [0, 0.05) is 12.1 Å². The minimum absolute atomic E-state index is 0.276. The Labute approximate surface area is 134 Å². The van der Waals surface area contributed by atoms with Crippen molar-refractivity contribution < 1.29 is 18.7 Å². The van der Waals surface area contributed by atoms with Crippen molar-refractivity contribution >= 4 is 5.91 Å². The van der Waals surface area contributed by atoms with Gasteiger partial charge < -0.3 is 14.8 Å². The molecule has 1 N–H and O–H groups in total. The van der Waals surface area contributed by atoms with Crippen LogP contribution < -0.4 is 14.8 Å². The van der Waals surface area contributed by atoms with Crippen molar-refractivity contribution in [1.29, 1.82) is 0 Å². The molecule has 0 radical (unpaired) electrons. The largest absolute Gasteiger partial charge is 0.486 e. The molecule has 1 heterocycles. The summed E-state index contributed by atoms with van der Waals surface area (Å²) >= 11 is 0. The summed E-state index contributed by atoms with van der Waals surface area (Å²) in [6.45, 7) is 3.24. The van der Waals surface area contributed by atoms with Crippen LogP contribution in [0.4, 0.5) is 4.39 Å². The van der Waals surface area contributed by atoms with E-state index in [2.05, 4.69) is 5.32 Å². The number of hydrogen-bond acceptors (Lipinski definition) is 3. The molecule has 0 aliphatic carbocycles. The second-order valence-electron chi connectivity index (χ2n) is 5.45. The lowest BCUT2D eigenvalue weighted by molar-refractivity contribution is 0.0953. The van der Waals surface area contributed by atoms with E-state index in [0.717, 1.165) is 17.1 Å². The third-order valence-electron chi connectivity index (χ3n) is 3.74. The smallest absolute Gasteiger partial charge is 0.251 e. The van der Waals surface area contributed by atoms with Gasteiger partial charge in [-0.05, 0) is 48.7 Å². The van der Waals surface area contributed by atoms with Crippen LogP contribution in [0.15, 0.2) is 36.4 Å². The van der Waals surface area contributed by atoms with E-state index in [1.54, 1.807) is 19.1 Å². The van der Waals surface area contributed by atoms with E-state index in [1.165, 1.54) is 6.07 Å². The molecule has 120 valence electrons. The monoisotopic (exact) mass is 315 g/mol. The zero-order valence-electron chi connectivity index (χ0n) is 12.9. The number of hydrogen-bond donors (Lipinski definition) is 1. The molecule has 1 amide bonds. The summed E-state index contributed by atoms with van der Waals surface area (Å²) < 4.78 is 24.5. The van der Waals surface area contributed by atoms with E-state index < -0.39 is 0 Å². The average Bonchev–Trinajstić information content (AvgIpc) is 2.57. The molecule has 0 bridgehead atoms. The fourth-order valence-electron chi connectivity index (χ4n) is 2.40. The van der Waals surface area contributed by atoms with Crippen molar-refractivity contribution in [3.05, 3.63) is 58.9 Å². The molecule has 0 fully saturated rings. The maximum Gasteiger partial charge on any atom is 0.251 e. The van der Waals surface area contributed by atoms with Gasteiger partial charge in [-0.1, -0.05) is 12.1 Å². The number of rotatable bonds is 4. The average molecular weight is 315 g/mol. The summed E-state index contributed by atoms with van der Waals surface area (Å²) in [5.74, 6) is 0.839. The van der Waals surface area contributed by atoms with Crippen LogP contribution in [-0.4, -0.2) is 25.7 Å². The van der Waals surface area contributed by atoms with Crippen LogP contribution >= 0.6 is 0 Å². The molecular weight excluding hydrogens is 297 g/mol. The Morgan fingerprint density at radius 1 is 1.13 bits per heavy atom. The molecule has 2 aromatic carbocycles. The van der Waals surface area contributed by atoms with Gasteiger partial charge in [0.05, 0.1) is 0 Å². The van der Waals surface area contributed by atoms with Crippen LogP contribution in [0.1, 0.15) is 21.5 Å². The number of ether oxygens (including phenoxy) is 2. The van der Waals surface area contributed by atoms with Crippen LogP contribution in [0.5, 0.6) is 11.5 Å². The van der Waals surface area contributed by atoms with Crippen LogP contribution in [-0.2, 0) is 6.42 Å². The van der Waals surface area contributed by atoms with Gasteiger partial charge in [0.1, 0.15) is 19.0 Å². The Morgan fingerprint density at radius 3 is 2.70 bits per heavy atom. The van der Waals surface area contributed by atoms with Crippen molar-refractivity contribution in [3.63, 3.8) is 0 Å². The first-order valence-corrected chi connectivity index (χ1v) is 7.56. The lowest BCUT2D eigenvalue weighted by Crippen LogP contribution is -2.25. The maximum atomic E-state index is 13.5. The Balaban J connectivity index is 1.56. The first-order chi connectivity index (χ1) is 11.1. The minimum atomic E-state index is -0.371. The summed E-state index contributed by atoms with van der Waals surface area (Å²) in [4.78, 5) is 12.0. The summed E-state index contributed by atoms with van der Waals surface area (Å²) in [5.41, 5.74) is 1.90. The molecule has 0 atom stereocenters. The molecule has 2 aromatic rings. The van der Waals surface area contributed by atoms with E-state index >= 15 is 0 Å². The standard InChI is InChI=1S/C18H18FNO3/c1-12-2-4-14(11-15(12)19)18(21)20-7-6-13-3-5-16-17(10-13)23-9-8-22-16/h2-5,10-11H,6-9H2,1H3,(H,20,21). The SMILES string of the molecule is Cc1ccc(C(=O)NCCc2ccc3c(c2)OCCO3)cc1F. The highest BCUT2D eigenvalue weighted by Gasteiger charge is 2.12. The molecule has 5 heteroatoms. The van der Waals surface area contributed by atoms with Crippen LogP contribution in [0.2, 0.25) is 0 Å². The highest BCUT2D eigenvalue weighted by atomic mass is 19.1. The Morgan fingerprint density at radius 2 is 1.91 bits per heavy atom.